The summed E-state index contributed by atoms with van der Waals surface area (Å²) in [5.41, 5.74) is 0.0601. The molecule has 0 unspecified atom stereocenters. The predicted octanol–water partition coefficient (Wildman–Crippen LogP) is 2.60. The van der Waals surface area contributed by atoms with E-state index in [9.17, 15) is 19.8 Å². The Balaban J connectivity index is 2.44. The van der Waals surface area contributed by atoms with Gasteiger partial charge in [-0.3, -0.25) is 19.4 Å². The Kier molecular flexibility index (Phi) is 8.88. The number of nitrogens with zero attached hydrogens (tertiary/aromatic N) is 2. The molecule has 142 valence electrons. The van der Waals surface area contributed by atoms with Crippen LogP contribution in [0.1, 0.15) is 6.92 Å². The number of allylic oxidation sites excluding steroid dienone is 3. The summed E-state index contributed by atoms with van der Waals surface area (Å²) in [5, 5.41) is 18.5. The fraction of sp³-hybridized carbons (Fsp3) is 0.400. The maximum atomic E-state index is 12.8. The van der Waals surface area contributed by atoms with Crippen LogP contribution in [0, 0.1) is 0 Å². The first kappa shape index (κ1) is 22.6. The number of rotatable bonds is 5. The first-order chi connectivity index (χ1) is 12.3. The molecule has 2 aliphatic rings. The Morgan fingerprint density at radius 2 is 1.73 bits per heavy atom. The normalized spacial score (nSPS) is 21.3. The largest absolute Gasteiger partial charge is 0.395 e. The van der Waals surface area contributed by atoms with Gasteiger partial charge in [0.25, 0.3) is 11.8 Å². The van der Waals surface area contributed by atoms with Crippen LogP contribution in [0.25, 0.3) is 0 Å². The number of carbonyl (C=O) groups excluding carboxylic acids is 2. The molecule has 2 rings (SSSR count). The van der Waals surface area contributed by atoms with E-state index in [0.717, 1.165) is 12.1 Å². The second-order valence-corrected chi connectivity index (χ2v) is 10.8. The highest BCUT2D eigenvalue weighted by atomic mass is 127. The molecule has 2 fully saturated rings. The zero-order valence-electron chi connectivity index (χ0n) is 13.7. The molecule has 2 amide bonds. The van der Waals surface area contributed by atoms with Gasteiger partial charge in [-0.25, -0.2) is 0 Å². The molecule has 0 aromatic rings. The molecule has 0 atom stereocenters. The summed E-state index contributed by atoms with van der Waals surface area (Å²) in [5.74, 6) is -0.294. The Hall–Kier alpha value is 0.330. The van der Waals surface area contributed by atoms with Gasteiger partial charge in [-0.1, -0.05) is 11.8 Å². The van der Waals surface area contributed by atoms with Gasteiger partial charge in [0.1, 0.15) is 5.57 Å². The minimum Gasteiger partial charge on any atom is -0.395 e. The first-order valence-corrected chi connectivity index (χ1v) is 11.8. The van der Waals surface area contributed by atoms with Gasteiger partial charge in [0, 0.05) is 14.2 Å². The maximum absolute atomic E-state index is 12.8. The van der Waals surface area contributed by atoms with Crippen LogP contribution in [0.4, 0.5) is 0 Å². The summed E-state index contributed by atoms with van der Waals surface area (Å²) in [6.07, 6.45) is 2.05. The number of aliphatic hydroxyl groups excluding tert-OH is 2. The van der Waals surface area contributed by atoms with Crippen molar-refractivity contribution in [1.82, 2.24) is 9.80 Å². The molecule has 2 saturated heterocycles. The quantitative estimate of drug-likeness (QED) is 0.208. The Morgan fingerprint density at radius 3 is 2.19 bits per heavy atom. The summed E-state index contributed by atoms with van der Waals surface area (Å²) in [6.45, 7) is 1.49. The van der Waals surface area contributed by atoms with E-state index in [0.29, 0.717) is 9.99 Å². The topological polar surface area (TPSA) is 81.1 Å². The molecule has 2 N–H and O–H groups in total. The fourth-order valence-electron chi connectivity index (χ4n) is 2.25. The summed E-state index contributed by atoms with van der Waals surface area (Å²) < 4.78 is 2.86. The standard InChI is InChI=1S/C15H16I2N2O4S3/c1-8(16)6-9(17)10-7-25-14(26-10)11-12(22)18(2-4-20)15(24)19(3-5-21)13(11)23/h6,20-21H,2-5,7H2,1H3/b8-6+,10-9-. The Morgan fingerprint density at radius 1 is 1.19 bits per heavy atom. The van der Waals surface area contributed by atoms with Gasteiger partial charge in [0.15, 0.2) is 5.11 Å². The summed E-state index contributed by atoms with van der Waals surface area (Å²) in [6, 6.07) is 0. The molecule has 0 radical (unpaired) electrons. The lowest BCUT2D eigenvalue weighted by Gasteiger charge is -2.36. The van der Waals surface area contributed by atoms with Crippen molar-refractivity contribution in [2.24, 2.45) is 0 Å². The molecule has 0 bridgehead atoms. The van der Waals surface area contributed by atoms with Crippen LogP contribution in [0.5, 0.6) is 0 Å². The van der Waals surface area contributed by atoms with E-state index < -0.39 is 11.8 Å². The van der Waals surface area contributed by atoms with Crippen LogP contribution in [-0.4, -0.2) is 69.0 Å². The average Bonchev–Trinajstić information content (AvgIpc) is 3.05. The zero-order valence-corrected chi connectivity index (χ0v) is 20.5. The fourth-order valence-corrected chi connectivity index (χ4v) is 7.27. The Labute approximate surface area is 192 Å². The first-order valence-electron chi connectivity index (χ1n) is 7.48. The second kappa shape index (κ2) is 10.2. The van der Waals surface area contributed by atoms with E-state index in [-0.39, 0.29) is 37.0 Å². The van der Waals surface area contributed by atoms with E-state index >= 15 is 0 Å². The number of amides is 2. The molecular formula is C15H16I2N2O4S3. The van der Waals surface area contributed by atoms with Crippen molar-refractivity contribution in [2.45, 2.75) is 6.92 Å². The minimum atomic E-state index is -0.491. The molecule has 0 aromatic heterocycles. The lowest BCUT2D eigenvalue weighted by Crippen LogP contribution is -2.57. The number of carbonyl (C=O) groups is 2. The molecule has 2 heterocycles. The highest BCUT2D eigenvalue weighted by Crippen LogP contribution is 2.49. The number of halogens is 2. The van der Waals surface area contributed by atoms with Crippen molar-refractivity contribution in [3.63, 3.8) is 0 Å². The summed E-state index contributed by atoms with van der Waals surface area (Å²) in [4.78, 5) is 29.2. The maximum Gasteiger partial charge on any atom is 0.267 e. The van der Waals surface area contributed by atoms with E-state index in [1.54, 1.807) is 0 Å². The molecule has 26 heavy (non-hydrogen) atoms. The van der Waals surface area contributed by atoms with Gasteiger partial charge >= 0.3 is 0 Å². The van der Waals surface area contributed by atoms with E-state index in [4.69, 9.17) is 12.2 Å². The van der Waals surface area contributed by atoms with E-state index in [2.05, 4.69) is 45.2 Å². The third kappa shape index (κ3) is 5.03. The molecule has 2 aliphatic heterocycles. The van der Waals surface area contributed by atoms with Gasteiger partial charge in [0.2, 0.25) is 0 Å². The van der Waals surface area contributed by atoms with Gasteiger partial charge in [0.05, 0.1) is 30.5 Å². The summed E-state index contributed by atoms with van der Waals surface area (Å²) >= 11 is 12.6. The third-order valence-electron chi connectivity index (χ3n) is 3.37. The van der Waals surface area contributed by atoms with Crippen LogP contribution in [0.15, 0.2) is 28.0 Å². The lowest BCUT2D eigenvalue weighted by atomic mass is 10.2. The number of β-amino-alcohol motifs (C(OH)–C–C–N with tert-alkyl or cyclic N) is 2. The van der Waals surface area contributed by atoms with Gasteiger partial charge < -0.3 is 10.2 Å². The minimum absolute atomic E-state index is 0.00991. The van der Waals surface area contributed by atoms with Gasteiger partial charge in [-0.15, -0.1) is 11.8 Å². The third-order valence-corrected chi connectivity index (χ3v) is 8.14. The molecule has 6 nitrogen and oxygen atoms in total. The molecule has 0 saturated carbocycles. The van der Waals surface area contributed by atoms with Crippen molar-refractivity contribution in [1.29, 1.82) is 0 Å². The second-order valence-electron chi connectivity index (χ2n) is 5.20. The zero-order chi connectivity index (χ0) is 19.4. The number of thiocarbonyl (C=S) groups is 1. The number of thioether (sulfide) groups is 2. The lowest BCUT2D eigenvalue weighted by molar-refractivity contribution is -0.134. The van der Waals surface area contributed by atoms with Crippen molar-refractivity contribution >= 4 is 97.9 Å². The Bertz CT molecular complexity index is 702. The average molecular weight is 638 g/mol. The predicted molar refractivity (Wildman–Crippen MR) is 126 cm³/mol. The smallest absolute Gasteiger partial charge is 0.267 e. The highest BCUT2D eigenvalue weighted by molar-refractivity contribution is 14.1. The van der Waals surface area contributed by atoms with E-state index in [1.165, 1.54) is 33.3 Å². The molecule has 0 spiro atoms. The van der Waals surface area contributed by atoms with Crippen LogP contribution in [-0.2, 0) is 9.59 Å². The van der Waals surface area contributed by atoms with Crippen LogP contribution in [0.2, 0.25) is 0 Å². The number of hydrogen-bond acceptors (Lipinski definition) is 7. The monoisotopic (exact) mass is 638 g/mol. The number of hydrogen-bond donors (Lipinski definition) is 2. The highest BCUT2D eigenvalue weighted by Gasteiger charge is 2.42. The van der Waals surface area contributed by atoms with Gasteiger partial charge in [-0.2, -0.15) is 0 Å². The van der Waals surface area contributed by atoms with E-state index in [1.807, 2.05) is 13.0 Å². The van der Waals surface area contributed by atoms with Crippen molar-refractivity contribution in [2.75, 3.05) is 32.1 Å². The summed E-state index contributed by atoms with van der Waals surface area (Å²) in [7, 11) is 0. The van der Waals surface area contributed by atoms with Crippen molar-refractivity contribution < 1.29 is 19.8 Å². The van der Waals surface area contributed by atoms with Crippen LogP contribution in [0.3, 0.4) is 0 Å². The van der Waals surface area contributed by atoms with Gasteiger partial charge in [-0.05, 0) is 74.0 Å². The van der Waals surface area contributed by atoms with Crippen LogP contribution >= 0.6 is 80.9 Å². The number of aliphatic hydroxyl groups is 2. The molecule has 11 heteroatoms. The molecule has 0 aromatic carbocycles. The van der Waals surface area contributed by atoms with Crippen molar-refractivity contribution in [3.8, 4) is 0 Å². The van der Waals surface area contributed by atoms with Crippen LogP contribution < -0.4 is 0 Å². The SMILES string of the molecule is C/C(I)=C\C(I)=C1/CSC(=C2C(=O)N(CCO)C(=S)N(CCO)C2=O)S1. The molecule has 0 aliphatic carbocycles. The van der Waals surface area contributed by atoms with Crippen molar-refractivity contribution in [3.05, 3.63) is 28.0 Å². The molecular weight excluding hydrogens is 622 g/mol.